The third-order valence-corrected chi connectivity index (χ3v) is 3.24. The molecular formula is C12H15BrN2O. The van der Waals surface area contributed by atoms with Crippen LogP contribution in [0.1, 0.15) is 31.2 Å². The fourth-order valence-electron chi connectivity index (χ4n) is 1.97. The number of aromatic nitrogens is 1. The third kappa shape index (κ3) is 3.04. The SMILES string of the molecule is O=C1CCCCCN1Cc1cncc(Br)c1. The molecule has 0 saturated carbocycles. The second-order valence-electron chi connectivity index (χ2n) is 4.14. The topological polar surface area (TPSA) is 33.2 Å². The Hall–Kier alpha value is -0.900. The summed E-state index contributed by atoms with van der Waals surface area (Å²) >= 11 is 3.39. The van der Waals surface area contributed by atoms with Gasteiger partial charge >= 0.3 is 0 Å². The molecule has 0 N–H and O–H groups in total. The number of hydrogen-bond donors (Lipinski definition) is 0. The molecule has 1 aliphatic heterocycles. The molecule has 1 aromatic rings. The molecule has 2 rings (SSSR count). The van der Waals surface area contributed by atoms with Crippen LogP contribution in [0.25, 0.3) is 0 Å². The Morgan fingerprint density at radius 1 is 1.31 bits per heavy atom. The lowest BCUT2D eigenvalue weighted by Gasteiger charge is -2.20. The normalized spacial score (nSPS) is 17.3. The van der Waals surface area contributed by atoms with E-state index < -0.39 is 0 Å². The van der Waals surface area contributed by atoms with Crippen molar-refractivity contribution in [2.75, 3.05) is 6.54 Å². The number of halogens is 1. The molecule has 1 aliphatic rings. The molecule has 1 saturated heterocycles. The first-order chi connectivity index (χ1) is 7.75. The lowest BCUT2D eigenvalue weighted by molar-refractivity contribution is -0.131. The lowest BCUT2D eigenvalue weighted by atomic mass is 10.2. The summed E-state index contributed by atoms with van der Waals surface area (Å²) in [5.41, 5.74) is 1.09. The zero-order chi connectivity index (χ0) is 11.4. The van der Waals surface area contributed by atoms with Crippen molar-refractivity contribution in [2.24, 2.45) is 0 Å². The van der Waals surface area contributed by atoms with Crippen molar-refractivity contribution >= 4 is 21.8 Å². The molecule has 1 aromatic heterocycles. The Labute approximate surface area is 104 Å². The molecule has 2 heterocycles. The fourth-order valence-corrected chi connectivity index (χ4v) is 2.38. The highest BCUT2D eigenvalue weighted by Crippen LogP contribution is 2.16. The first-order valence-corrected chi connectivity index (χ1v) is 6.42. The van der Waals surface area contributed by atoms with E-state index in [0.29, 0.717) is 13.0 Å². The number of nitrogens with zero attached hydrogens (tertiary/aromatic N) is 2. The van der Waals surface area contributed by atoms with Gasteiger partial charge in [0, 0.05) is 36.4 Å². The van der Waals surface area contributed by atoms with Gasteiger partial charge in [-0.15, -0.1) is 0 Å². The summed E-state index contributed by atoms with van der Waals surface area (Å²) in [5.74, 6) is 0.275. The van der Waals surface area contributed by atoms with Crippen LogP contribution in [-0.2, 0) is 11.3 Å². The molecule has 16 heavy (non-hydrogen) atoms. The van der Waals surface area contributed by atoms with Gasteiger partial charge in [0.25, 0.3) is 0 Å². The molecule has 4 heteroatoms. The van der Waals surface area contributed by atoms with Gasteiger partial charge < -0.3 is 4.90 Å². The molecule has 0 radical (unpaired) electrons. The maximum absolute atomic E-state index is 11.8. The van der Waals surface area contributed by atoms with Crippen molar-refractivity contribution in [2.45, 2.75) is 32.2 Å². The summed E-state index contributed by atoms with van der Waals surface area (Å²) in [5, 5.41) is 0. The highest BCUT2D eigenvalue weighted by Gasteiger charge is 2.16. The highest BCUT2D eigenvalue weighted by molar-refractivity contribution is 9.10. The Balaban J connectivity index is 2.05. The van der Waals surface area contributed by atoms with Crippen LogP contribution in [-0.4, -0.2) is 22.3 Å². The average molecular weight is 283 g/mol. The molecule has 3 nitrogen and oxygen atoms in total. The van der Waals surface area contributed by atoms with Crippen molar-refractivity contribution in [3.63, 3.8) is 0 Å². The van der Waals surface area contributed by atoms with Crippen molar-refractivity contribution in [3.05, 3.63) is 28.5 Å². The van der Waals surface area contributed by atoms with E-state index in [4.69, 9.17) is 0 Å². The van der Waals surface area contributed by atoms with E-state index in [1.807, 2.05) is 17.2 Å². The zero-order valence-corrected chi connectivity index (χ0v) is 10.7. The summed E-state index contributed by atoms with van der Waals surface area (Å²) in [6.07, 6.45) is 7.59. The summed E-state index contributed by atoms with van der Waals surface area (Å²) in [6, 6.07) is 2.02. The van der Waals surface area contributed by atoms with Crippen LogP contribution in [0.2, 0.25) is 0 Å². The second-order valence-corrected chi connectivity index (χ2v) is 5.05. The van der Waals surface area contributed by atoms with E-state index in [-0.39, 0.29) is 5.91 Å². The number of likely N-dealkylation sites (tertiary alicyclic amines) is 1. The van der Waals surface area contributed by atoms with E-state index in [0.717, 1.165) is 29.4 Å². The minimum absolute atomic E-state index is 0.275. The van der Waals surface area contributed by atoms with Gasteiger partial charge in [0.05, 0.1) is 0 Å². The van der Waals surface area contributed by atoms with Gasteiger partial charge in [0.1, 0.15) is 0 Å². The van der Waals surface area contributed by atoms with E-state index in [1.54, 1.807) is 6.20 Å². The van der Waals surface area contributed by atoms with E-state index >= 15 is 0 Å². The highest BCUT2D eigenvalue weighted by atomic mass is 79.9. The van der Waals surface area contributed by atoms with Crippen LogP contribution >= 0.6 is 15.9 Å². The van der Waals surface area contributed by atoms with Crippen LogP contribution in [0.4, 0.5) is 0 Å². The smallest absolute Gasteiger partial charge is 0.222 e. The first-order valence-electron chi connectivity index (χ1n) is 5.63. The number of rotatable bonds is 2. The molecule has 0 atom stereocenters. The molecular weight excluding hydrogens is 268 g/mol. The van der Waals surface area contributed by atoms with Gasteiger partial charge in [-0.2, -0.15) is 0 Å². The Bertz CT molecular complexity index is 381. The third-order valence-electron chi connectivity index (χ3n) is 2.81. The number of pyridine rings is 1. The number of amides is 1. The standard InChI is InChI=1S/C12H15BrN2O/c13-11-6-10(7-14-8-11)9-15-5-3-1-2-4-12(15)16/h6-8H,1-5,9H2. The van der Waals surface area contributed by atoms with Crippen LogP contribution in [0, 0.1) is 0 Å². The fraction of sp³-hybridized carbons (Fsp3) is 0.500. The minimum atomic E-state index is 0.275. The number of hydrogen-bond acceptors (Lipinski definition) is 2. The van der Waals surface area contributed by atoms with Crippen LogP contribution in [0.5, 0.6) is 0 Å². The van der Waals surface area contributed by atoms with Gasteiger partial charge in [-0.05, 0) is 40.4 Å². The monoisotopic (exact) mass is 282 g/mol. The van der Waals surface area contributed by atoms with Crippen LogP contribution in [0.3, 0.4) is 0 Å². The largest absolute Gasteiger partial charge is 0.338 e. The lowest BCUT2D eigenvalue weighted by Crippen LogP contribution is -2.29. The molecule has 0 aromatic carbocycles. The van der Waals surface area contributed by atoms with Gasteiger partial charge in [-0.3, -0.25) is 9.78 Å². The number of carbonyl (C=O) groups is 1. The maximum atomic E-state index is 11.8. The minimum Gasteiger partial charge on any atom is -0.338 e. The Morgan fingerprint density at radius 3 is 3.00 bits per heavy atom. The average Bonchev–Trinajstić information content (AvgIpc) is 2.45. The molecule has 0 spiro atoms. The zero-order valence-electron chi connectivity index (χ0n) is 9.16. The summed E-state index contributed by atoms with van der Waals surface area (Å²) in [7, 11) is 0. The Kier molecular flexibility index (Phi) is 3.93. The molecule has 86 valence electrons. The summed E-state index contributed by atoms with van der Waals surface area (Å²) in [4.78, 5) is 17.9. The van der Waals surface area contributed by atoms with Crippen molar-refractivity contribution in [1.29, 1.82) is 0 Å². The van der Waals surface area contributed by atoms with Crippen LogP contribution in [0.15, 0.2) is 22.9 Å². The first kappa shape index (κ1) is 11.6. The molecule has 1 amide bonds. The number of carbonyl (C=O) groups excluding carboxylic acids is 1. The van der Waals surface area contributed by atoms with Gasteiger partial charge in [0.2, 0.25) is 5.91 Å². The van der Waals surface area contributed by atoms with Crippen LogP contribution < -0.4 is 0 Å². The quantitative estimate of drug-likeness (QED) is 0.836. The molecule has 1 fully saturated rings. The van der Waals surface area contributed by atoms with E-state index in [2.05, 4.69) is 20.9 Å². The predicted octanol–water partition coefficient (Wildman–Crippen LogP) is 2.75. The van der Waals surface area contributed by atoms with Gasteiger partial charge in [0.15, 0.2) is 0 Å². The van der Waals surface area contributed by atoms with Crippen molar-refractivity contribution < 1.29 is 4.79 Å². The second kappa shape index (κ2) is 5.43. The van der Waals surface area contributed by atoms with Gasteiger partial charge in [-0.1, -0.05) is 6.42 Å². The van der Waals surface area contributed by atoms with Crippen molar-refractivity contribution in [3.8, 4) is 0 Å². The molecule has 0 aliphatic carbocycles. The Morgan fingerprint density at radius 2 is 2.19 bits per heavy atom. The summed E-state index contributed by atoms with van der Waals surface area (Å²) in [6.45, 7) is 1.57. The van der Waals surface area contributed by atoms with Crippen molar-refractivity contribution in [1.82, 2.24) is 9.88 Å². The van der Waals surface area contributed by atoms with E-state index in [1.165, 1.54) is 6.42 Å². The summed E-state index contributed by atoms with van der Waals surface area (Å²) < 4.78 is 0.965. The molecule has 0 unspecified atom stereocenters. The van der Waals surface area contributed by atoms with E-state index in [9.17, 15) is 4.79 Å². The van der Waals surface area contributed by atoms with Gasteiger partial charge in [-0.25, -0.2) is 0 Å². The molecule has 0 bridgehead atoms. The predicted molar refractivity (Wildman–Crippen MR) is 65.8 cm³/mol. The maximum Gasteiger partial charge on any atom is 0.222 e.